The Hall–Kier alpha value is -2.37. The highest BCUT2D eigenvalue weighted by molar-refractivity contribution is 5.87. The summed E-state index contributed by atoms with van der Waals surface area (Å²) < 4.78 is 20.9. The van der Waals surface area contributed by atoms with Crippen LogP contribution in [0.5, 0.6) is 5.75 Å². The molecule has 1 aromatic heterocycles. The SMILES string of the molecule is CCC(C)n1ccc(COc2ccc(C(=O)O)cc2F)n1. The Balaban J connectivity index is 2.03. The average Bonchev–Trinajstić information content (AvgIpc) is 2.93. The fraction of sp³-hybridized carbons (Fsp3) is 0.333. The minimum absolute atomic E-state index is 0.0121. The molecule has 0 amide bonds. The first-order chi connectivity index (χ1) is 10.0. The lowest BCUT2D eigenvalue weighted by Gasteiger charge is -2.09. The van der Waals surface area contributed by atoms with Crippen LogP contribution in [0.2, 0.25) is 0 Å². The maximum atomic E-state index is 13.7. The number of ether oxygens (including phenoxy) is 1. The molecule has 1 atom stereocenters. The number of carboxylic acid groups (broad SMARTS) is 1. The normalized spacial score (nSPS) is 12.1. The van der Waals surface area contributed by atoms with Gasteiger partial charge in [0.2, 0.25) is 0 Å². The van der Waals surface area contributed by atoms with Gasteiger partial charge in [0.1, 0.15) is 6.61 Å². The van der Waals surface area contributed by atoms with Crippen LogP contribution in [0.15, 0.2) is 30.5 Å². The van der Waals surface area contributed by atoms with E-state index in [2.05, 4.69) is 18.9 Å². The monoisotopic (exact) mass is 292 g/mol. The van der Waals surface area contributed by atoms with E-state index in [1.165, 1.54) is 12.1 Å². The number of hydrogen-bond acceptors (Lipinski definition) is 3. The number of carbonyl (C=O) groups is 1. The van der Waals surface area contributed by atoms with Gasteiger partial charge in [0.05, 0.1) is 11.3 Å². The summed E-state index contributed by atoms with van der Waals surface area (Å²) in [5.74, 6) is -1.86. The molecule has 0 aliphatic heterocycles. The van der Waals surface area contributed by atoms with Crippen molar-refractivity contribution in [2.24, 2.45) is 0 Å². The van der Waals surface area contributed by atoms with E-state index < -0.39 is 11.8 Å². The van der Waals surface area contributed by atoms with Crippen molar-refractivity contribution in [3.63, 3.8) is 0 Å². The predicted octanol–water partition coefficient (Wildman–Crippen LogP) is 3.27. The molecule has 0 fully saturated rings. The highest BCUT2D eigenvalue weighted by atomic mass is 19.1. The van der Waals surface area contributed by atoms with Gasteiger partial charge in [0.25, 0.3) is 0 Å². The fourth-order valence-electron chi connectivity index (χ4n) is 1.79. The second-order valence-corrected chi connectivity index (χ2v) is 4.78. The standard InChI is InChI=1S/C15H17FN2O3/c1-3-10(2)18-7-6-12(17-18)9-21-14-5-4-11(15(19)20)8-13(14)16/h4-8,10H,3,9H2,1-2H3,(H,19,20). The van der Waals surface area contributed by atoms with Gasteiger partial charge in [0, 0.05) is 12.2 Å². The van der Waals surface area contributed by atoms with Gasteiger partial charge in [-0.1, -0.05) is 6.92 Å². The van der Waals surface area contributed by atoms with Gasteiger partial charge >= 0.3 is 5.97 Å². The number of nitrogens with zero attached hydrogens (tertiary/aromatic N) is 2. The molecule has 1 aromatic carbocycles. The lowest BCUT2D eigenvalue weighted by atomic mass is 10.2. The zero-order valence-corrected chi connectivity index (χ0v) is 11.9. The van der Waals surface area contributed by atoms with Crippen LogP contribution in [0, 0.1) is 5.82 Å². The summed E-state index contributed by atoms with van der Waals surface area (Å²) in [5, 5.41) is 13.1. The van der Waals surface area contributed by atoms with Crippen molar-refractivity contribution in [1.82, 2.24) is 9.78 Å². The van der Waals surface area contributed by atoms with Crippen LogP contribution in [-0.2, 0) is 6.61 Å². The van der Waals surface area contributed by atoms with Gasteiger partial charge in [-0.25, -0.2) is 9.18 Å². The minimum atomic E-state index is -1.17. The van der Waals surface area contributed by atoms with E-state index in [-0.39, 0.29) is 17.9 Å². The average molecular weight is 292 g/mol. The third kappa shape index (κ3) is 3.59. The van der Waals surface area contributed by atoms with Crippen LogP contribution in [0.4, 0.5) is 4.39 Å². The van der Waals surface area contributed by atoms with Gasteiger partial charge in [-0.3, -0.25) is 4.68 Å². The molecule has 0 saturated heterocycles. The van der Waals surface area contributed by atoms with Gasteiger partial charge in [-0.15, -0.1) is 0 Å². The van der Waals surface area contributed by atoms with Crippen LogP contribution >= 0.6 is 0 Å². The van der Waals surface area contributed by atoms with E-state index in [9.17, 15) is 9.18 Å². The number of rotatable bonds is 6. The van der Waals surface area contributed by atoms with Crippen molar-refractivity contribution in [2.45, 2.75) is 32.9 Å². The molecular weight excluding hydrogens is 275 g/mol. The smallest absolute Gasteiger partial charge is 0.335 e. The second-order valence-electron chi connectivity index (χ2n) is 4.78. The van der Waals surface area contributed by atoms with Gasteiger partial charge < -0.3 is 9.84 Å². The van der Waals surface area contributed by atoms with Crippen LogP contribution in [0.1, 0.15) is 42.4 Å². The highest BCUT2D eigenvalue weighted by Crippen LogP contribution is 2.19. The second kappa shape index (κ2) is 6.39. The van der Waals surface area contributed by atoms with Crippen LogP contribution in [0.25, 0.3) is 0 Å². The number of benzene rings is 1. The maximum Gasteiger partial charge on any atom is 0.335 e. The molecule has 0 bridgehead atoms. The van der Waals surface area contributed by atoms with Crippen molar-refractivity contribution >= 4 is 5.97 Å². The molecule has 21 heavy (non-hydrogen) atoms. The van der Waals surface area contributed by atoms with Crippen molar-refractivity contribution in [3.05, 3.63) is 47.5 Å². The Bertz CT molecular complexity index is 640. The molecule has 1 N–H and O–H groups in total. The number of aromatic carboxylic acids is 1. The maximum absolute atomic E-state index is 13.7. The molecule has 6 heteroatoms. The van der Waals surface area contributed by atoms with Crippen LogP contribution in [-0.4, -0.2) is 20.9 Å². The van der Waals surface area contributed by atoms with Crippen LogP contribution in [0.3, 0.4) is 0 Å². The van der Waals surface area contributed by atoms with Crippen molar-refractivity contribution < 1.29 is 19.0 Å². The summed E-state index contributed by atoms with van der Waals surface area (Å²) in [5.41, 5.74) is 0.581. The molecule has 1 unspecified atom stereocenters. The quantitative estimate of drug-likeness (QED) is 0.887. The third-order valence-corrected chi connectivity index (χ3v) is 3.26. The lowest BCUT2D eigenvalue weighted by Crippen LogP contribution is -2.06. The van der Waals surface area contributed by atoms with Crippen LogP contribution < -0.4 is 4.74 Å². The summed E-state index contributed by atoms with van der Waals surface area (Å²) >= 11 is 0. The molecule has 5 nitrogen and oxygen atoms in total. The number of carboxylic acids is 1. The summed E-state index contributed by atoms with van der Waals surface area (Å²) in [6, 6.07) is 5.67. The molecule has 2 rings (SSSR count). The molecule has 0 spiro atoms. The largest absolute Gasteiger partial charge is 0.484 e. The van der Waals surface area contributed by atoms with Gasteiger partial charge in [-0.05, 0) is 37.6 Å². The van der Waals surface area contributed by atoms with Crippen molar-refractivity contribution in [3.8, 4) is 5.75 Å². The number of hydrogen-bond donors (Lipinski definition) is 1. The molecule has 0 aliphatic rings. The van der Waals surface area contributed by atoms with Gasteiger partial charge in [0.15, 0.2) is 11.6 Å². The summed E-state index contributed by atoms with van der Waals surface area (Å²) in [4.78, 5) is 10.7. The Kier molecular flexibility index (Phi) is 4.57. The molecule has 112 valence electrons. The van der Waals surface area contributed by atoms with E-state index in [1.807, 2.05) is 16.9 Å². The highest BCUT2D eigenvalue weighted by Gasteiger charge is 2.10. The van der Waals surface area contributed by atoms with Crippen molar-refractivity contribution in [1.29, 1.82) is 0 Å². The molecule has 2 aromatic rings. The first kappa shape index (κ1) is 15.0. The molecule has 0 saturated carbocycles. The zero-order valence-electron chi connectivity index (χ0n) is 11.9. The first-order valence-electron chi connectivity index (χ1n) is 6.71. The molecular formula is C15H17FN2O3. The van der Waals surface area contributed by atoms with E-state index in [0.717, 1.165) is 12.5 Å². The lowest BCUT2D eigenvalue weighted by molar-refractivity contribution is 0.0696. The Morgan fingerprint density at radius 3 is 2.86 bits per heavy atom. The van der Waals surface area contributed by atoms with Gasteiger partial charge in [-0.2, -0.15) is 5.10 Å². The predicted molar refractivity (Wildman–Crippen MR) is 74.9 cm³/mol. The van der Waals surface area contributed by atoms with E-state index in [0.29, 0.717) is 11.7 Å². The summed E-state index contributed by atoms with van der Waals surface area (Å²) in [6.45, 7) is 4.26. The molecule has 0 aliphatic carbocycles. The fourth-order valence-corrected chi connectivity index (χ4v) is 1.79. The van der Waals surface area contributed by atoms with E-state index >= 15 is 0 Å². The van der Waals surface area contributed by atoms with E-state index in [1.54, 1.807) is 0 Å². The third-order valence-electron chi connectivity index (χ3n) is 3.26. The first-order valence-corrected chi connectivity index (χ1v) is 6.71. The summed E-state index contributed by atoms with van der Waals surface area (Å²) in [7, 11) is 0. The summed E-state index contributed by atoms with van der Waals surface area (Å²) in [6.07, 6.45) is 2.82. The Morgan fingerprint density at radius 1 is 1.48 bits per heavy atom. The molecule has 0 radical (unpaired) electrons. The topological polar surface area (TPSA) is 64.3 Å². The molecule has 1 heterocycles. The number of aromatic nitrogens is 2. The Labute approximate surface area is 122 Å². The van der Waals surface area contributed by atoms with Crippen molar-refractivity contribution in [2.75, 3.05) is 0 Å². The number of halogens is 1. The zero-order chi connectivity index (χ0) is 15.4. The van der Waals surface area contributed by atoms with E-state index in [4.69, 9.17) is 9.84 Å². The minimum Gasteiger partial charge on any atom is -0.484 e. The Morgan fingerprint density at radius 2 is 2.24 bits per heavy atom.